The van der Waals surface area contributed by atoms with Gasteiger partial charge in [0.2, 0.25) is 0 Å². The molecule has 1 N–H and O–H groups in total. The lowest BCUT2D eigenvalue weighted by atomic mass is 10.0. The Hall–Kier alpha value is -4.44. The molecule has 1 aromatic heterocycles. The molecule has 1 atom stereocenters. The summed E-state index contributed by atoms with van der Waals surface area (Å²) >= 11 is 0. The summed E-state index contributed by atoms with van der Waals surface area (Å²) in [4.78, 5) is 10.4. The number of rotatable bonds is 4. The van der Waals surface area contributed by atoms with E-state index in [4.69, 9.17) is 9.98 Å². The first-order chi connectivity index (χ1) is 18.4. The summed E-state index contributed by atoms with van der Waals surface area (Å²) in [6.45, 7) is 0. The fourth-order valence-corrected chi connectivity index (χ4v) is 5.62. The van der Waals surface area contributed by atoms with Gasteiger partial charge >= 0.3 is 0 Å². The average molecular weight is 481 g/mol. The van der Waals surface area contributed by atoms with Gasteiger partial charge in [0.15, 0.2) is 6.17 Å². The molecule has 4 heteroatoms. The van der Waals surface area contributed by atoms with E-state index in [-0.39, 0.29) is 6.17 Å². The van der Waals surface area contributed by atoms with Gasteiger partial charge in [-0.2, -0.15) is 0 Å². The minimum atomic E-state index is -0.342. The molecule has 4 nitrogen and oxygen atoms in total. The van der Waals surface area contributed by atoms with Crippen LogP contribution in [0.3, 0.4) is 0 Å². The van der Waals surface area contributed by atoms with Crippen LogP contribution in [-0.4, -0.2) is 16.2 Å². The third-order valence-corrected chi connectivity index (χ3v) is 7.34. The van der Waals surface area contributed by atoms with Gasteiger partial charge in [0.05, 0.1) is 11.0 Å². The molecule has 0 saturated heterocycles. The number of hydrogen-bond donors (Lipinski definition) is 1. The number of benzene rings is 3. The maximum absolute atomic E-state index is 5.19. The first-order valence-electron chi connectivity index (χ1n) is 13.1. The van der Waals surface area contributed by atoms with E-state index in [0.29, 0.717) is 0 Å². The molecule has 0 spiro atoms. The molecule has 37 heavy (non-hydrogen) atoms. The zero-order valence-corrected chi connectivity index (χ0v) is 20.6. The molecular formula is C33H28N4. The van der Waals surface area contributed by atoms with Crippen molar-refractivity contribution in [2.45, 2.75) is 31.8 Å². The van der Waals surface area contributed by atoms with Crippen molar-refractivity contribution in [2.24, 2.45) is 9.98 Å². The number of aromatic nitrogens is 1. The van der Waals surface area contributed by atoms with Crippen LogP contribution in [0.1, 0.15) is 43.0 Å². The van der Waals surface area contributed by atoms with E-state index < -0.39 is 0 Å². The van der Waals surface area contributed by atoms with Crippen molar-refractivity contribution in [1.82, 2.24) is 9.88 Å². The number of allylic oxidation sites excluding steroid dienone is 6. The molecule has 1 unspecified atom stereocenters. The second-order valence-corrected chi connectivity index (χ2v) is 9.68. The van der Waals surface area contributed by atoms with Gasteiger partial charge in [0, 0.05) is 33.2 Å². The van der Waals surface area contributed by atoms with Crippen LogP contribution < -0.4 is 5.32 Å². The van der Waals surface area contributed by atoms with Gasteiger partial charge in [-0.1, -0.05) is 91.0 Å². The Labute approximate surface area is 216 Å². The lowest BCUT2D eigenvalue weighted by Crippen LogP contribution is -2.36. The van der Waals surface area contributed by atoms with E-state index in [0.717, 1.165) is 54.1 Å². The molecule has 0 bridgehead atoms. The van der Waals surface area contributed by atoms with E-state index >= 15 is 0 Å². The van der Waals surface area contributed by atoms with Crippen molar-refractivity contribution in [1.29, 1.82) is 0 Å². The molecule has 1 aliphatic heterocycles. The number of amidine groups is 2. The highest BCUT2D eigenvalue weighted by Crippen LogP contribution is 2.39. The second-order valence-electron chi connectivity index (χ2n) is 9.68. The average Bonchev–Trinajstić information content (AvgIpc) is 3.33. The quantitative estimate of drug-likeness (QED) is 0.319. The molecule has 0 radical (unpaired) electrons. The van der Waals surface area contributed by atoms with Crippen LogP contribution in [-0.2, 0) is 0 Å². The second kappa shape index (κ2) is 9.21. The molecule has 3 aromatic carbocycles. The highest BCUT2D eigenvalue weighted by molar-refractivity contribution is 6.17. The number of fused-ring (bicyclic) bond motifs is 3. The molecule has 0 fully saturated rings. The fraction of sp³-hybridized carbons (Fsp3) is 0.152. The summed E-state index contributed by atoms with van der Waals surface area (Å²) in [5.74, 6) is 1.74. The lowest BCUT2D eigenvalue weighted by molar-refractivity contribution is 0.762. The number of nitrogens with one attached hydrogen (secondary N) is 1. The summed E-state index contributed by atoms with van der Waals surface area (Å²) in [6, 6.07) is 25.7. The normalized spacial score (nSPS) is 19.3. The first kappa shape index (κ1) is 21.8. The highest BCUT2D eigenvalue weighted by Gasteiger charge is 2.25. The van der Waals surface area contributed by atoms with Gasteiger partial charge in [0.1, 0.15) is 11.7 Å². The summed E-state index contributed by atoms with van der Waals surface area (Å²) in [6.07, 6.45) is 17.2. The third kappa shape index (κ3) is 3.86. The zero-order valence-electron chi connectivity index (χ0n) is 20.6. The molecule has 0 amide bonds. The van der Waals surface area contributed by atoms with Crippen molar-refractivity contribution < 1.29 is 0 Å². The smallest absolute Gasteiger partial charge is 0.170 e. The summed E-state index contributed by atoms with van der Waals surface area (Å²) in [5.41, 5.74) is 7.10. The van der Waals surface area contributed by atoms with E-state index in [2.05, 4.69) is 113 Å². The maximum atomic E-state index is 5.19. The number of para-hydroxylation sites is 1. The monoisotopic (exact) mass is 480 g/mol. The van der Waals surface area contributed by atoms with Gasteiger partial charge < -0.3 is 9.88 Å². The van der Waals surface area contributed by atoms with Gasteiger partial charge in [0.25, 0.3) is 0 Å². The highest BCUT2D eigenvalue weighted by atomic mass is 15.2. The summed E-state index contributed by atoms with van der Waals surface area (Å²) in [5, 5.41) is 6.01. The maximum Gasteiger partial charge on any atom is 0.170 e. The van der Waals surface area contributed by atoms with Gasteiger partial charge in [-0.25, -0.2) is 9.98 Å². The predicted octanol–water partition coefficient (Wildman–Crippen LogP) is 7.71. The Kier molecular flexibility index (Phi) is 5.43. The lowest BCUT2D eigenvalue weighted by Gasteiger charge is -2.24. The van der Waals surface area contributed by atoms with Crippen LogP contribution in [0.2, 0.25) is 0 Å². The van der Waals surface area contributed by atoms with Crippen LogP contribution in [0.5, 0.6) is 0 Å². The summed E-state index contributed by atoms with van der Waals surface area (Å²) < 4.78 is 2.43. The van der Waals surface area contributed by atoms with Crippen molar-refractivity contribution >= 4 is 39.2 Å². The van der Waals surface area contributed by atoms with Crippen LogP contribution in [0.15, 0.2) is 125 Å². The Morgan fingerprint density at radius 3 is 2.43 bits per heavy atom. The molecule has 2 heterocycles. The number of nitrogens with zero attached hydrogens (tertiary/aromatic N) is 3. The zero-order chi connectivity index (χ0) is 24.6. The van der Waals surface area contributed by atoms with Crippen molar-refractivity contribution in [3.8, 4) is 0 Å². The topological polar surface area (TPSA) is 41.7 Å². The Morgan fingerprint density at radius 2 is 1.59 bits per heavy atom. The van der Waals surface area contributed by atoms with E-state index in [1.165, 1.54) is 27.5 Å². The van der Waals surface area contributed by atoms with Crippen LogP contribution in [0, 0.1) is 0 Å². The summed E-state index contributed by atoms with van der Waals surface area (Å²) in [7, 11) is 0. The van der Waals surface area contributed by atoms with E-state index in [1.54, 1.807) is 0 Å². The minimum Gasteiger partial charge on any atom is -0.324 e. The van der Waals surface area contributed by atoms with Gasteiger partial charge in [-0.15, -0.1) is 0 Å². The molecule has 3 aliphatic rings. The standard InChI is InChI=1S/C33H28N4/c1-4-13-23(14-5-1)31-34-32(24-15-6-2-7-16-24)36-33(35-31)27-20-12-22-29-30(27)26-19-10-11-21-28(26)37(29)25-17-8-3-9-18-25/h1,3-6,8,10-17,19-22,33H,2,7,9,18H2,(H,34,35,36). The molecular weight excluding hydrogens is 452 g/mol. The van der Waals surface area contributed by atoms with Crippen molar-refractivity contribution in [3.63, 3.8) is 0 Å². The van der Waals surface area contributed by atoms with E-state index in [1.807, 2.05) is 6.07 Å². The van der Waals surface area contributed by atoms with Gasteiger partial charge in [-0.05, 0) is 43.9 Å². The van der Waals surface area contributed by atoms with Crippen LogP contribution in [0.25, 0.3) is 27.5 Å². The Morgan fingerprint density at radius 1 is 0.757 bits per heavy atom. The first-order valence-corrected chi connectivity index (χ1v) is 13.1. The molecule has 2 aliphatic carbocycles. The predicted molar refractivity (Wildman–Crippen MR) is 155 cm³/mol. The number of hydrogen-bond acceptors (Lipinski definition) is 3. The van der Waals surface area contributed by atoms with E-state index in [9.17, 15) is 0 Å². The van der Waals surface area contributed by atoms with Crippen molar-refractivity contribution in [2.75, 3.05) is 0 Å². The number of aliphatic imine (C=N–C) groups is 2. The minimum absolute atomic E-state index is 0.342. The SMILES string of the molecule is C1=CCCC(n2c3ccccc3c3c(C4N=C(C5=CCCC=C5)NC(c5ccccc5)=N4)cccc32)=C1. The third-order valence-electron chi connectivity index (χ3n) is 7.34. The van der Waals surface area contributed by atoms with Crippen molar-refractivity contribution in [3.05, 3.63) is 126 Å². The van der Waals surface area contributed by atoms with Crippen LogP contribution in [0.4, 0.5) is 0 Å². The fourth-order valence-electron chi connectivity index (χ4n) is 5.62. The van der Waals surface area contributed by atoms with Gasteiger partial charge in [-0.3, -0.25) is 0 Å². The Balaban J connectivity index is 1.46. The molecule has 7 rings (SSSR count). The molecule has 4 aromatic rings. The molecule has 180 valence electrons. The molecule has 0 saturated carbocycles. The largest absolute Gasteiger partial charge is 0.324 e. The Bertz CT molecular complexity index is 1690. The van der Waals surface area contributed by atoms with Crippen LogP contribution >= 0.6 is 0 Å².